The number of allylic oxidation sites excluding steroid dienone is 1. The number of para-hydroxylation sites is 1. The van der Waals surface area contributed by atoms with E-state index in [2.05, 4.69) is 79.8 Å². The topological polar surface area (TPSA) is 27.6 Å². The highest BCUT2D eigenvalue weighted by Gasteiger charge is 2.09. The van der Waals surface area contributed by atoms with Gasteiger partial charge in [-0.15, -0.1) is 0 Å². The maximum atomic E-state index is 4.63. The summed E-state index contributed by atoms with van der Waals surface area (Å²) in [5.41, 5.74) is 7.65. The fourth-order valence-corrected chi connectivity index (χ4v) is 2.45. The van der Waals surface area contributed by atoms with E-state index < -0.39 is 0 Å². The highest BCUT2D eigenvalue weighted by atomic mass is 15.3. The van der Waals surface area contributed by atoms with Crippen LogP contribution in [0.2, 0.25) is 0 Å². The Labute approximate surface area is 145 Å². The molecule has 2 aromatic carbocycles. The summed E-state index contributed by atoms with van der Waals surface area (Å²) in [6.07, 6.45) is 4.23. The third kappa shape index (κ3) is 6.01. The summed E-state index contributed by atoms with van der Waals surface area (Å²) < 4.78 is 0. The quantitative estimate of drug-likeness (QED) is 0.592. The van der Waals surface area contributed by atoms with Crippen LogP contribution < -0.4 is 5.43 Å². The predicted octanol–water partition coefficient (Wildman–Crippen LogP) is 4.67. The third-order valence-corrected chi connectivity index (χ3v) is 3.76. The van der Waals surface area contributed by atoms with Gasteiger partial charge in [-0.1, -0.05) is 61.0 Å². The van der Waals surface area contributed by atoms with E-state index >= 15 is 0 Å². The molecular formula is C21H27N3. The molecule has 0 heterocycles. The molecule has 0 aliphatic rings. The molecule has 0 fully saturated rings. The lowest BCUT2D eigenvalue weighted by Gasteiger charge is -2.17. The fraction of sp³-hybridized carbons (Fsp3) is 0.286. The van der Waals surface area contributed by atoms with Gasteiger partial charge >= 0.3 is 0 Å². The van der Waals surface area contributed by atoms with E-state index in [1.807, 2.05) is 30.3 Å². The molecule has 1 N–H and O–H groups in total. The van der Waals surface area contributed by atoms with Crippen LogP contribution in [0.15, 0.2) is 65.8 Å². The Kier molecular flexibility index (Phi) is 6.76. The molecule has 0 aliphatic heterocycles. The van der Waals surface area contributed by atoms with Gasteiger partial charge in [-0.25, -0.2) is 0 Å². The molecule has 1 atom stereocenters. The summed E-state index contributed by atoms with van der Waals surface area (Å²) in [5.74, 6) is 0.331. The minimum Gasteiger partial charge on any atom is -0.309 e. The zero-order valence-corrected chi connectivity index (χ0v) is 15.0. The molecule has 3 nitrogen and oxygen atoms in total. The van der Waals surface area contributed by atoms with Crippen LogP contribution in [0.3, 0.4) is 0 Å². The second kappa shape index (κ2) is 9.04. The monoisotopic (exact) mass is 321 g/mol. The second-order valence-electron chi connectivity index (χ2n) is 6.42. The van der Waals surface area contributed by atoms with Crippen LogP contribution in [-0.4, -0.2) is 31.3 Å². The minimum absolute atomic E-state index is 0.331. The van der Waals surface area contributed by atoms with Gasteiger partial charge in [0.25, 0.3) is 0 Å². The number of rotatable bonds is 7. The number of hydrogen-bond donors (Lipinski definition) is 1. The Hall–Kier alpha value is -2.39. The number of aryl methyl sites for hydroxylation is 1. The van der Waals surface area contributed by atoms with E-state index in [4.69, 9.17) is 0 Å². The summed E-state index contributed by atoms with van der Waals surface area (Å²) >= 11 is 0. The lowest BCUT2D eigenvalue weighted by molar-refractivity contribution is 0.381. The average Bonchev–Trinajstić information content (AvgIpc) is 2.56. The highest BCUT2D eigenvalue weighted by Crippen LogP contribution is 2.10. The fourth-order valence-electron chi connectivity index (χ4n) is 2.45. The zero-order valence-electron chi connectivity index (χ0n) is 15.0. The van der Waals surface area contributed by atoms with Gasteiger partial charge in [-0.3, -0.25) is 5.43 Å². The van der Waals surface area contributed by atoms with Crippen molar-refractivity contribution in [2.75, 3.05) is 26.1 Å². The number of benzene rings is 2. The smallest absolute Gasteiger partial charge is 0.0648 e. The van der Waals surface area contributed by atoms with E-state index in [-0.39, 0.29) is 0 Å². The van der Waals surface area contributed by atoms with Crippen molar-refractivity contribution in [3.63, 3.8) is 0 Å². The summed E-state index contributed by atoms with van der Waals surface area (Å²) in [5, 5.41) is 4.63. The van der Waals surface area contributed by atoms with Crippen molar-refractivity contribution in [1.82, 2.24) is 4.90 Å². The van der Waals surface area contributed by atoms with E-state index in [1.54, 1.807) is 0 Å². The first-order valence-electron chi connectivity index (χ1n) is 8.32. The van der Waals surface area contributed by atoms with Crippen molar-refractivity contribution in [2.45, 2.75) is 13.8 Å². The summed E-state index contributed by atoms with van der Waals surface area (Å²) in [7, 11) is 4.17. The van der Waals surface area contributed by atoms with E-state index in [9.17, 15) is 0 Å². The van der Waals surface area contributed by atoms with E-state index in [1.165, 1.54) is 11.1 Å². The largest absolute Gasteiger partial charge is 0.309 e. The molecule has 0 aromatic heterocycles. The average molecular weight is 321 g/mol. The molecular weight excluding hydrogens is 294 g/mol. The zero-order chi connectivity index (χ0) is 17.4. The van der Waals surface area contributed by atoms with Crippen LogP contribution in [0.4, 0.5) is 5.69 Å². The molecule has 24 heavy (non-hydrogen) atoms. The highest BCUT2D eigenvalue weighted by molar-refractivity contribution is 6.00. The molecule has 3 heteroatoms. The molecule has 0 saturated heterocycles. The van der Waals surface area contributed by atoms with Crippen LogP contribution in [-0.2, 0) is 0 Å². The Bertz CT molecular complexity index is 670. The maximum Gasteiger partial charge on any atom is 0.0648 e. The SMILES string of the molecule is Cc1ccc(/C=C/C(=N\Nc2ccccc2)[C@@H](C)CN(C)C)cc1. The molecule has 126 valence electrons. The van der Waals surface area contributed by atoms with Crippen LogP contribution in [0.1, 0.15) is 18.1 Å². The second-order valence-corrected chi connectivity index (χ2v) is 6.42. The van der Waals surface area contributed by atoms with Crippen molar-refractivity contribution >= 4 is 17.5 Å². The van der Waals surface area contributed by atoms with Crippen LogP contribution in [0, 0.1) is 12.8 Å². The van der Waals surface area contributed by atoms with Gasteiger partial charge in [0.2, 0.25) is 0 Å². The number of hydrogen-bond acceptors (Lipinski definition) is 3. The van der Waals surface area contributed by atoms with Gasteiger partial charge in [0.05, 0.1) is 11.4 Å². The van der Waals surface area contributed by atoms with Gasteiger partial charge in [-0.2, -0.15) is 5.10 Å². The summed E-state index contributed by atoms with van der Waals surface area (Å²) in [6, 6.07) is 18.6. The Balaban J connectivity index is 2.16. The minimum atomic E-state index is 0.331. The first kappa shape index (κ1) is 18.0. The molecule has 0 aliphatic carbocycles. The van der Waals surface area contributed by atoms with E-state index in [0.29, 0.717) is 5.92 Å². The lowest BCUT2D eigenvalue weighted by atomic mass is 10.0. The first-order chi connectivity index (χ1) is 11.5. The molecule has 0 bridgehead atoms. The van der Waals surface area contributed by atoms with Crippen LogP contribution in [0.5, 0.6) is 0 Å². The van der Waals surface area contributed by atoms with Gasteiger partial charge < -0.3 is 4.90 Å². The van der Waals surface area contributed by atoms with Crippen molar-refractivity contribution < 1.29 is 0 Å². The predicted molar refractivity (Wildman–Crippen MR) is 105 cm³/mol. The summed E-state index contributed by atoms with van der Waals surface area (Å²) in [4.78, 5) is 2.18. The number of nitrogens with zero attached hydrogens (tertiary/aromatic N) is 2. The molecule has 0 spiro atoms. The molecule has 2 aromatic rings. The van der Waals surface area contributed by atoms with Crippen molar-refractivity contribution in [3.05, 3.63) is 71.8 Å². The summed E-state index contributed by atoms with van der Waals surface area (Å²) in [6.45, 7) is 5.25. The maximum absolute atomic E-state index is 4.63. The molecule has 0 amide bonds. The van der Waals surface area contributed by atoms with Crippen molar-refractivity contribution in [2.24, 2.45) is 11.0 Å². The number of nitrogens with one attached hydrogen (secondary N) is 1. The Morgan fingerprint density at radius 3 is 2.38 bits per heavy atom. The molecule has 2 rings (SSSR count). The van der Waals surface area contributed by atoms with E-state index in [0.717, 1.165) is 17.9 Å². The van der Waals surface area contributed by atoms with Crippen LogP contribution in [0.25, 0.3) is 6.08 Å². The normalized spacial score (nSPS) is 13.5. The third-order valence-electron chi connectivity index (χ3n) is 3.76. The van der Waals surface area contributed by atoms with Crippen LogP contribution >= 0.6 is 0 Å². The van der Waals surface area contributed by atoms with Gasteiger partial charge in [0.15, 0.2) is 0 Å². The number of anilines is 1. The Morgan fingerprint density at radius 2 is 1.75 bits per heavy atom. The van der Waals surface area contributed by atoms with Crippen molar-refractivity contribution in [1.29, 1.82) is 0 Å². The lowest BCUT2D eigenvalue weighted by Crippen LogP contribution is -2.25. The molecule has 0 unspecified atom stereocenters. The molecule has 0 saturated carbocycles. The first-order valence-corrected chi connectivity index (χ1v) is 8.32. The van der Waals surface area contributed by atoms with Gasteiger partial charge in [-0.05, 0) is 44.8 Å². The van der Waals surface area contributed by atoms with Gasteiger partial charge in [0.1, 0.15) is 0 Å². The molecule has 0 radical (unpaired) electrons. The van der Waals surface area contributed by atoms with Crippen molar-refractivity contribution in [3.8, 4) is 0 Å². The Morgan fingerprint density at radius 1 is 1.08 bits per heavy atom. The number of hydrazone groups is 1. The standard InChI is InChI=1S/C21H27N3/c1-17-10-12-19(13-11-17)14-15-21(18(2)16-24(3)4)23-22-20-8-6-5-7-9-20/h5-15,18,22H,16H2,1-4H3/b15-14+,23-21+/t18-/m0/s1. The van der Waals surface area contributed by atoms with Gasteiger partial charge in [0, 0.05) is 12.5 Å².